The van der Waals surface area contributed by atoms with Crippen LogP contribution >= 0.6 is 0 Å². The minimum Gasteiger partial charge on any atom is -0.192 e. The van der Waals surface area contributed by atoms with Crippen LogP contribution in [0.3, 0.4) is 0 Å². The Hall–Kier alpha value is -2.58. The van der Waals surface area contributed by atoms with Crippen molar-refractivity contribution >= 4 is 0 Å². The Morgan fingerprint density at radius 3 is 1.60 bits per heavy atom. The van der Waals surface area contributed by atoms with Gasteiger partial charge in [0.1, 0.15) is 0 Å². The van der Waals surface area contributed by atoms with Crippen LogP contribution in [-0.4, -0.2) is 0 Å². The first-order valence-corrected chi connectivity index (χ1v) is 8.81. The van der Waals surface area contributed by atoms with Crippen molar-refractivity contribution in [1.29, 1.82) is 10.5 Å². The van der Waals surface area contributed by atoms with Crippen molar-refractivity contribution in [1.82, 2.24) is 0 Å². The van der Waals surface area contributed by atoms with Gasteiger partial charge in [-0.2, -0.15) is 10.5 Å². The summed E-state index contributed by atoms with van der Waals surface area (Å²) in [6.07, 6.45) is 0. The van der Waals surface area contributed by atoms with Crippen LogP contribution in [0.4, 0.5) is 0 Å². The van der Waals surface area contributed by atoms with E-state index in [0.29, 0.717) is 17.0 Å². The van der Waals surface area contributed by atoms with Crippen LogP contribution in [0.5, 0.6) is 0 Å². The maximum absolute atomic E-state index is 9.59. The molecular formula is C23H26N2. The number of rotatable bonds is 4. The monoisotopic (exact) mass is 330 g/mol. The molecule has 0 heterocycles. The molecule has 0 unspecified atom stereocenters. The highest BCUT2D eigenvalue weighted by molar-refractivity contribution is 5.55. The summed E-state index contributed by atoms with van der Waals surface area (Å²) in [5.74, 6) is 0.643. The second kappa shape index (κ2) is 7.12. The van der Waals surface area contributed by atoms with E-state index in [9.17, 15) is 10.5 Å². The Morgan fingerprint density at radius 2 is 1.24 bits per heavy atom. The summed E-state index contributed by atoms with van der Waals surface area (Å²) < 4.78 is 0. The molecule has 0 atom stereocenters. The molecule has 0 radical (unpaired) electrons. The first kappa shape index (κ1) is 18.8. The smallest absolute Gasteiger partial charge is 0.0995 e. The Labute approximate surface area is 151 Å². The van der Waals surface area contributed by atoms with E-state index in [0.717, 1.165) is 11.1 Å². The van der Waals surface area contributed by atoms with Crippen molar-refractivity contribution in [2.75, 3.05) is 0 Å². The van der Waals surface area contributed by atoms with Gasteiger partial charge in [-0.05, 0) is 46.2 Å². The Bertz CT molecular complexity index is 806. The summed E-state index contributed by atoms with van der Waals surface area (Å²) in [7, 11) is 0. The molecule has 2 aromatic rings. The summed E-state index contributed by atoms with van der Waals surface area (Å²) >= 11 is 0. The van der Waals surface area contributed by atoms with E-state index in [1.54, 1.807) is 0 Å². The SMILES string of the molecule is CC(C)c1ccc(C(C)(C)c2cc(C#N)c(C(C)C)c(C#N)c2)cc1. The number of hydrogen-bond donors (Lipinski definition) is 0. The Kier molecular flexibility index (Phi) is 5.34. The second-order valence-electron chi connectivity index (χ2n) is 7.77. The molecule has 2 rings (SSSR count). The molecule has 0 saturated carbocycles. The van der Waals surface area contributed by atoms with Gasteiger partial charge in [0.15, 0.2) is 0 Å². The van der Waals surface area contributed by atoms with Gasteiger partial charge in [0.05, 0.1) is 23.3 Å². The molecule has 25 heavy (non-hydrogen) atoms. The number of nitriles is 2. The van der Waals surface area contributed by atoms with E-state index in [2.05, 4.69) is 64.1 Å². The zero-order valence-electron chi connectivity index (χ0n) is 16.0. The summed E-state index contributed by atoms with van der Waals surface area (Å²) in [5.41, 5.74) is 5.28. The van der Waals surface area contributed by atoms with Gasteiger partial charge in [0, 0.05) is 5.41 Å². The van der Waals surface area contributed by atoms with Gasteiger partial charge in [0.25, 0.3) is 0 Å². The van der Waals surface area contributed by atoms with Gasteiger partial charge >= 0.3 is 0 Å². The molecule has 2 heteroatoms. The van der Waals surface area contributed by atoms with E-state index in [4.69, 9.17) is 0 Å². The largest absolute Gasteiger partial charge is 0.192 e. The highest BCUT2D eigenvalue weighted by Gasteiger charge is 2.26. The van der Waals surface area contributed by atoms with Crippen LogP contribution in [0, 0.1) is 22.7 Å². The summed E-state index contributed by atoms with van der Waals surface area (Å²) in [5, 5.41) is 19.2. The first-order chi connectivity index (χ1) is 11.7. The number of nitrogens with zero attached hydrogens (tertiary/aromatic N) is 2. The third-order valence-corrected chi connectivity index (χ3v) is 5.02. The van der Waals surface area contributed by atoms with E-state index in [-0.39, 0.29) is 11.3 Å². The molecule has 2 aromatic carbocycles. The predicted molar refractivity (Wildman–Crippen MR) is 103 cm³/mol. The molecule has 0 spiro atoms. The topological polar surface area (TPSA) is 47.6 Å². The first-order valence-electron chi connectivity index (χ1n) is 8.81. The molecular weight excluding hydrogens is 304 g/mol. The van der Waals surface area contributed by atoms with Crippen molar-refractivity contribution in [3.05, 3.63) is 69.8 Å². The third-order valence-electron chi connectivity index (χ3n) is 5.02. The van der Waals surface area contributed by atoms with E-state index in [1.165, 1.54) is 11.1 Å². The molecule has 0 N–H and O–H groups in total. The summed E-state index contributed by atoms with van der Waals surface area (Å²) in [6, 6.07) is 17.1. The number of hydrogen-bond acceptors (Lipinski definition) is 2. The van der Waals surface area contributed by atoms with Gasteiger partial charge in [-0.25, -0.2) is 0 Å². The van der Waals surface area contributed by atoms with Gasteiger partial charge in [-0.3, -0.25) is 0 Å². The Balaban J connectivity index is 2.60. The van der Waals surface area contributed by atoms with Crippen LogP contribution < -0.4 is 0 Å². The fourth-order valence-corrected chi connectivity index (χ4v) is 3.27. The van der Waals surface area contributed by atoms with Gasteiger partial charge in [-0.1, -0.05) is 65.8 Å². The standard InChI is InChI=1S/C23H26N2/c1-15(2)17-7-9-20(10-8-17)23(5,6)21-11-18(13-24)22(16(3)4)19(12-21)14-25/h7-12,15-16H,1-6H3. The molecule has 0 fully saturated rings. The quantitative estimate of drug-likeness (QED) is 0.690. The van der Waals surface area contributed by atoms with Crippen molar-refractivity contribution in [2.24, 2.45) is 0 Å². The zero-order chi connectivity index (χ0) is 18.8. The molecule has 128 valence electrons. The van der Waals surface area contributed by atoms with Crippen molar-refractivity contribution in [3.8, 4) is 12.1 Å². The van der Waals surface area contributed by atoms with Crippen LogP contribution in [0.1, 0.15) is 86.8 Å². The lowest BCUT2D eigenvalue weighted by Crippen LogP contribution is -2.20. The van der Waals surface area contributed by atoms with Crippen LogP contribution in [0.25, 0.3) is 0 Å². The van der Waals surface area contributed by atoms with Crippen molar-refractivity contribution < 1.29 is 0 Å². The maximum Gasteiger partial charge on any atom is 0.0995 e. The Morgan fingerprint density at radius 1 is 0.760 bits per heavy atom. The third kappa shape index (κ3) is 3.59. The van der Waals surface area contributed by atoms with Crippen LogP contribution in [0.2, 0.25) is 0 Å². The molecule has 0 amide bonds. The van der Waals surface area contributed by atoms with Crippen molar-refractivity contribution in [2.45, 2.75) is 58.8 Å². The zero-order valence-corrected chi connectivity index (χ0v) is 16.0. The van der Waals surface area contributed by atoms with Crippen LogP contribution in [-0.2, 0) is 5.41 Å². The maximum atomic E-state index is 9.59. The fraction of sp³-hybridized carbons (Fsp3) is 0.391. The number of benzene rings is 2. The molecule has 0 aromatic heterocycles. The molecule has 0 aliphatic heterocycles. The average molecular weight is 330 g/mol. The molecule has 0 aliphatic carbocycles. The lowest BCUT2D eigenvalue weighted by atomic mass is 9.75. The molecule has 0 aliphatic rings. The fourth-order valence-electron chi connectivity index (χ4n) is 3.27. The highest BCUT2D eigenvalue weighted by atomic mass is 14.3. The van der Waals surface area contributed by atoms with Crippen molar-refractivity contribution in [3.63, 3.8) is 0 Å². The second-order valence-corrected chi connectivity index (χ2v) is 7.77. The van der Waals surface area contributed by atoms with E-state index < -0.39 is 0 Å². The average Bonchev–Trinajstić information content (AvgIpc) is 2.60. The van der Waals surface area contributed by atoms with Gasteiger partial charge in [0.2, 0.25) is 0 Å². The lowest BCUT2D eigenvalue weighted by Gasteiger charge is -2.28. The molecule has 0 bridgehead atoms. The minimum atomic E-state index is -0.276. The molecule has 0 saturated heterocycles. The normalized spacial score (nSPS) is 11.4. The molecule has 2 nitrogen and oxygen atoms in total. The predicted octanol–water partition coefficient (Wildman–Crippen LogP) is 6.00. The van der Waals surface area contributed by atoms with E-state index in [1.807, 2.05) is 26.0 Å². The van der Waals surface area contributed by atoms with Crippen LogP contribution in [0.15, 0.2) is 36.4 Å². The summed E-state index contributed by atoms with van der Waals surface area (Å²) in [6.45, 7) is 12.7. The van der Waals surface area contributed by atoms with Gasteiger partial charge < -0.3 is 0 Å². The van der Waals surface area contributed by atoms with Gasteiger partial charge in [-0.15, -0.1) is 0 Å². The lowest BCUT2D eigenvalue weighted by molar-refractivity contribution is 0.638. The van der Waals surface area contributed by atoms with E-state index >= 15 is 0 Å². The summed E-state index contributed by atoms with van der Waals surface area (Å²) in [4.78, 5) is 0. The highest BCUT2D eigenvalue weighted by Crippen LogP contribution is 2.35. The minimum absolute atomic E-state index is 0.145.